The van der Waals surface area contributed by atoms with Gasteiger partial charge in [0, 0.05) is 12.7 Å². The lowest BCUT2D eigenvalue weighted by molar-refractivity contribution is 0.575. The van der Waals surface area contributed by atoms with Gasteiger partial charge in [-0.15, -0.1) is 0 Å². The minimum absolute atomic E-state index is 0.167. The summed E-state index contributed by atoms with van der Waals surface area (Å²) >= 11 is 0. The Morgan fingerprint density at radius 3 is 2.71 bits per heavy atom. The fourth-order valence-corrected chi connectivity index (χ4v) is 2.47. The zero-order valence-electron chi connectivity index (χ0n) is 10.2. The summed E-state index contributed by atoms with van der Waals surface area (Å²) in [5.41, 5.74) is 6.21. The van der Waals surface area contributed by atoms with E-state index in [0.717, 1.165) is 19.3 Å². The van der Waals surface area contributed by atoms with E-state index in [0.29, 0.717) is 17.9 Å². The van der Waals surface area contributed by atoms with Crippen molar-refractivity contribution >= 4 is 15.8 Å². The molecule has 1 aromatic heterocycles. The van der Waals surface area contributed by atoms with Gasteiger partial charge in [-0.1, -0.05) is 19.8 Å². The van der Waals surface area contributed by atoms with Crippen molar-refractivity contribution in [3.63, 3.8) is 0 Å². The molecule has 1 heterocycles. The van der Waals surface area contributed by atoms with Gasteiger partial charge in [-0.05, 0) is 25.0 Å². The van der Waals surface area contributed by atoms with E-state index in [1.54, 1.807) is 6.92 Å². The quantitative estimate of drug-likeness (QED) is 0.755. The van der Waals surface area contributed by atoms with Gasteiger partial charge in [0.15, 0.2) is 0 Å². The van der Waals surface area contributed by atoms with Crippen molar-refractivity contribution in [3.8, 4) is 0 Å². The third-order valence-corrected chi connectivity index (χ3v) is 3.90. The summed E-state index contributed by atoms with van der Waals surface area (Å²) in [7, 11) is -3.45. The molecule has 0 atom stereocenters. The Balaban J connectivity index is 2.72. The molecule has 0 amide bonds. The second kappa shape index (κ2) is 5.97. The van der Waals surface area contributed by atoms with Crippen LogP contribution in [0.1, 0.15) is 31.7 Å². The number of sulfonamides is 1. The second-order valence-electron chi connectivity index (χ2n) is 3.98. The maximum Gasteiger partial charge on any atom is 0.242 e. The SMILES string of the molecule is CCCCCNS(=O)(=O)c1cnc(N)c(C)c1. The number of aryl methyl sites for hydroxylation is 1. The number of aromatic nitrogens is 1. The average molecular weight is 257 g/mol. The van der Waals surface area contributed by atoms with E-state index in [9.17, 15) is 8.42 Å². The highest BCUT2D eigenvalue weighted by Gasteiger charge is 2.14. The Bertz CT molecular complexity index is 472. The Morgan fingerprint density at radius 2 is 2.12 bits per heavy atom. The number of rotatable bonds is 6. The molecule has 0 spiro atoms. The number of unbranched alkanes of at least 4 members (excludes halogenated alkanes) is 2. The molecule has 0 aromatic carbocycles. The summed E-state index contributed by atoms with van der Waals surface area (Å²) in [4.78, 5) is 4.02. The normalized spacial score (nSPS) is 11.6. The standard InChI is InChI=1S/C11H19N3O2S/c1-3-4-5-6-14-17(15,16)10-7-9(2)11(12)13-8-10/h7-8,14H,3-6H2,1-2H3,(H2,12,13). The van der Waals surface area contributed by atoms with Crippen LogP contribution in [0.15, 0.2) is 17.2 Å². The summed E-state index contributed by atoms with van der Waals surface area (Å²) in [6.07, 6.45) is 4.20. The van der Waals surface area contributed by atoms with Crippen LogP contribution in [0.4, 0.5) is 5.82 Å². The third kappa shape index (κ3) is 3.98. The molecule has 1 rings (SSSR count). The molecule has 0 bridgehead atoms. The number of nitrogens with two attached hydrogens (primary N) is 1. The Labute approximate surface area is 102 Å². The summed E-state index contributed by atoms with van der Waals surface area (Å²) in [5, 5.41) is 0. The van der Waals surface area contributed by atoms with Crippen molar-refractivity contribution in [2.75, 3.05) is 12.3 Å². The highest BCUT2D eigenvalue weighted by molar-refractivity contribution is 7.89. The fourth-order valence-electron chi connectivity index (χ4n) is 1.37. The van der Waals surface area contributed by atoms with Crippen LogP contribution in [0.3, 0.4) is 0 Å². The number of hydrogen-bond donors (Lipinski definition) is 2. The van der Waals surface area contributed by atoms with Gasteiger partial charge in [0.2, 0.25) is 10.0 Å². The van der Waals surface area contributed by atoms with Crippen LogP contribution < -0.4 is 10.5 Å². The first-order chi connectivity index (χ1) is 7.97. The van der Waals surface area contributed by atoms with E-state index < -0.39 is 10.0 Å². The van der Waals surface area contributed by atoms with Gasteiger partial charge in [0.05, 0.1) is 0 Å². The van der Waals surface area contributed by atoms with Crippen LogP contribution in [0.2, 0.25) is 0 Å². The molecule has 0 saturated carbocycles. The van der Waals surface area contributed by atoms with Crippen molar-refractivity contribution in [1.29, 1.82) is 0 Å². The van der Waals surface area contributed by atoms with Gasteiger partial charge in [-0.2, -0.15) is 0 Å². The summed E-state index contributed by atoms with van der Waals surface area (Å²) in [6, 6.07) is 1.53. The Hall–Kier alpha value is -1.14. The van der Waals surface area contributed by atoms with Gasteiger partial charge >= 0.3 is 0 Å². The molecule has 96 valence electrons. The van der Waals surface area contributed by atoms with Crippen LogP contribution in [0.25, 0.3) is 0 Å². The van der Waals surface area contributed by atoms with Crippen LogP contribution in [-0.2, 0) is 10.0 Å². The first kappa shape index (κ1) is 13.9. The molecular formula is C11H19N3O2S. The molecule has 0 aliphatic carbocycles. The molecule has 0 aliphatic heterocycles. The van der Waals surface area contributed by atoms with Crippen LogP contribution in [0, 0.1) is 6.92 Å². The van der Waals surface area contributed by atoms with Gasteiger partial charge in [0.1, 0.15) is 10.7 Å². The number of pyridine rings is 1. The number of hydrogen-bond acceptors (Lipinski definition) is 4. The van der Waals surface area contributed by atoms with Crippen molar-refractivity contribution in [1.82, 2.24) is 9.71 Å². The largest absolute Gasteiger partial charge is 0.383 e. The van der Waals surface area contributed by atoms with Crippen LogP contribution in [0.5, 0.6) is 0 Å². The Kier molecular flexibility index (Phi) is 4.89. The zero-order valence-corrected chi connectivity index (χ0v) is 11.0. The minimum Gasteiger partial charge on any atom is -0.383 e. The number of nitrogens with zero attached hydrogens (tertiary/aromatic N) is 1. The van der Waals surface area contributed by atoms with E-state index in [1.807, 2.05) is 0 Å². The van der Waals surface area contributed by atoms with E-state index >= 15 is 0 Å². The molecule has 0 unspecified atom stereocenters. The lowest BCUT2D eigenvalue weighted by Gasteiger charge is -2.07. The van der Waals surface area contributed by atoms with Gasteiger partial charge in [-0.25, -0.2) is 18.1 Å². The monoisotopic (exact) mass is 257 g/mol. The molecule has 1 aromatic rings. The molecule has 17 heavy (non-hydrogen) atoms. The van der Waals surface area contributed by atoms with Crippen LogP contribution >= 0.6 is 0 Å². The topological polar surface area (TPSA) is 85.1 Å². The van der Waals surface area contributed by atoms with E-state index in [-0.39, 0.29) is 4.90 Å². The minimum atomic E-state index is -3.45. The van der Waals surface area contributed by atoms with Gasteiger partial charge < -0.3 is 5.73 Å². The maximum absolute atomic E-state index is 11.9. The third-order valence-electron chi connectivity index (χ3n) is 2.48. The Morgan fingerprint density at radius 1 is 1.41 bits per heavy atom. The predicted molar refractivity (Wildman–Crippen MR) is 68.1 cm³/mol. The highest BCUT2D eigenvalue weighted by atomic mass is 32.2. The van der Waals surface area contributed by atoms with Gasteiger partial charge in [0.25, 0.3) is 0 Å². The summed E-state index contributed by atoms with van der Waals surface area (Å²) < 4.78 is 26.3. The molecule has 0 saturated heterocycles. The average Bonchev–Trinajstić information content (AvgIpc) is 2.28. The number of nitrogen functional groups attached to an aromatic ring is 1. The lowest BCUT2D eigenvalue weighted by Crippen LogP contribution is -2.25. The van der Waals surface area contributed by atoms with Gasteiger partial charge in [-0.3, -0.25) is 0 Å². The zero-order chi connectivity index (χ0) is 12.9. The molecule has 0 radical (unpaired) electrons. The number of nitrogens with one attached hydrogen (secondary N) is 1. The smallest absolute Gasteiger partial charge is 0.242 e. The van der Waals surface area contributed by atoms with Crippen molar-refractivity contribution < 1.29 is 8.42 Å². The maximum atomic E-state index is 11.9. The summed E-state index contributed by atoms with van der Waals surface area (Å²) in [6.45, 7) is 4.26. The van der Waals surface area contributed by atoms with Crippen molar-refractivity contribution in [3.05, 3.63) is 17.8 Å². The number of anilines is 1. The van der Waals surface area contributed by atoms with Crippen molar-refractivity contribution in [2.24, 2.45) is 0 Å². The van der Waals surface area contributed by atoms with Crippen molar-refractivity contribution in [2.45, 2.75) is 38.0 Å². The molecule has 6 heteroatoms. The van der Waals surface area contributed by atoms with E-state index in [1.165, 1.54) is 12.3 Å². The molecule has 0 aliphatic rings. The summed E-state index contributed by atoms with van der Waals surface area (Å²) in [5.74, 6) is 0.356. The molecular weight excluding hydrogens is 238 g/mol. The highest BCUT2D eigenvalue weighted by Crippen LogP contribution is 2.13. The fraction of sp³-hybridized carbons (Fsp3) is 0.545. The lowest BCUT2D eigenvalue weighted by atomic mass is 10.3. The molecule has 3 N–H and O–H groups in total. The molecule has 5 nitrogen and oxygen atoms in total. The molecule has 0 fully saturated rings. The first-order valence-corrected chi connectivity index (χ1v) is 7.17. The van der Waals surface area contributed by atoms with E-state index in [4.69, 9.17) is 5.73 Å². The van der Waals surface area contributed by atoms with E-state index in [2.05, 4.69) is 16.6 Å². The first-order valence-electron chi connectivity index (χ1n) is 5.69. The predicted octanol–water partition coefficient (Wildman–Crippen LogP) is 1.44. The second-order valence-corrected chi connectivity index (χ2v) is 5.74. The van der Waals surface area contributed by atoms with Crippen LogP contribution in [-0.4, -0.2) is 19.9 Å².